The summed E-state index contributed by atoms with van der Waals surface area (Å²) < 4.78 is 18.8. The molecule has 0 aliphatic rings. The monoisotopic (exact) mass is 292 g/mol. The Kier molecular flexibility index (Phi) is 4.52. The Morgan fingerprint density at radius 2 is 2.24 bits per heavy atom. The van der Waals surface area contributed by atoms with Crippen LogP contribution in [0.1, 0.15) is 43.1 Å². The number of nitrogens with one attached hydrogen (secondary N) is 2. The van der Waals surface area contributed by atoms with Crippen molar-refractivity contribution in [2.24, 2.45) is 0 Å². The van der Waals surface area contributed by atoms with E-state index in [2.05, 4.69) is 20.5 Å². The number of amides is 1. The van der Waals surface area contributed by atoms with E-state index < -0.39 is 11.7 Å². The molecule has 0 aliphatic carbocycles. The van der Waals surface area contributed by atoms with Crippen LogP contribution in [0.15, 0.2) is 18.2 Å². The van der Waals surface area contributed by atoms with Gasteiger partial charge in [0, 0.05) is 17.7 Å². The molecule has 1 aromatic carbocycles. The average Bonchev–Trinajstić information content (AvgIpc) is 2.92. The smallest absolute Gasteiger partial charge is 0.295 e. The molecular formula is C14H17FN4O2. The number of rotatable bonds is 5. The van der Waals surface area contributed by atoms with E-state index in [-0.39, 0.29) is 17.5 Å². The highest BCUT2D eigenvalue weighted by Crippen LogP contribution is 2.21. The number of nitrogens with zero attached hydrogens (tertiary/aromatic N) is 2. The van der Waals surface area contributed by atoms with Gasteiger partial charge in [-0.25, -0.2) is 9.37 Å². The van der Waals surface area contributed by atoms with E-state index in [4.69, 9.17) is 4.74 Å². The van der Waals surface area contributed by atoms with Crippen LogP contribution in [0.4, 0.5) is 10.1 Å². The third kappa shape index (κ3) is 3.56. The van der Waals surface area contributed by atoms with Crippen molar-refractivity contribution in [1.82, 2.24) is 15.2 Å². The number of aromatic amines is 1. The first kappa shape index (κ1) is 15.0. The van der Waals surface area contributed by atoms with E-state index in [1.807, 2.05) is 13.8 Å². The predicted octanol–water partition coefficient (Wildman–Crippen LogP) is 2.72. The molecule has 2 N–H and O–H groups in total. The quantitative estimate of drug-likeness (QED) is 0.888. The van der Waals surface area contributed by atoms with Gasteiger partial charge >= 0.3 is 0 Å². The maximum atomic E-state index is 13.7. The average molecular weight is 292 g/mol. The van der Waals surface area contributed by atoms with Crippen molar-refractivity contribution in [2.75, 3.05) is 11.9 Å². The van der Waals surface area contributed by atoms with E-state index in [1.54, 1.807) is 13.0 Å². The van der Waals surface area contributed by atoms with Crippen molar-refractivity contribution >= 4 is 11.6 Å². The van der Waals surface area contributed by atoms with Crippen LogP contribution in [0.5, 0.6) is 5.75 Å². The number of hydrogen-bond acceptors (Lipinski definition) is 4. The second kappa shape index (κ2) is 6.34. The molecule has 0 saturated heterocycles. The molecule has 0 radical (unpaired) electrons. The Hall–Kier alpha value is -2.44. The topological polar surface area (TPSA) is 79.9 Å². The molecule has 6 nitrogen and oxygen atoms in total. The van der Waals surface area contributed by atoms with Crippen LogP contribution >= 0.6 is 0 Å². The molecule has 0 fully saturated rings. The van der Waals surface area contributed by atoms with Gasteiger partial charge in [-0.3, -0.25) is 9.89 Å². The summed E-state index contributed by atoms with van der Waals surface area (Å²) in [7, 11) is 0. The summed E-state index contributed by atoms with van der Waals surface area (Å²) in [5.74, 6) is -0.0994. The summed E-state index contributed by atoms with van der Waals surface area (Å²) in [6.07, 6.45) is 0. The summed E-state index contributed by atoms with van der Waals surface area (Å²) in [6, 6.07) is 4.22. The second-order valence-electron chi connectivity index (χ2n) is 4.73. The fourth-order valence-corrected chi connectivity index (χ4v) is 1.67. The van der Waals surface area contributed by atoms with Crippen molar-refractivity contribution in [3.8, 4) is 5.75 Å². The SMILES string of the molecule is CCOc1ccc(NC(=O)c2n[nH]c(C(C)C)n2)cc1F. The first-order chi connectivity index (χ1) is 10.0. The van der Waals surface area contributed by atoms with Crippen LogP contribution in [0.3, 0.4) is 0 Å². The van der Waals surface area contributed by atoms with Crippen LogP contribution < -0.4 is 10.1 Å². The zero-order valence-corrected chi connectivity index (χ0v) is 12.1. The van der Waals surface area contributed by atoms with Gasteiger partial charge in [0.2, 0.25) is 5.82 Å². The Morgan fingerprint density at radius 3 is 2.81 bits per heavy atom. The van der Waals surface area contributed by atoms with Crippen molar-refractivity contribution in [1.29, 1.82) is 0 Å². The molecule has 0 bridgehead atoms. The molecule has 112 valence electrons. The lowest BCUT2D eigenvalue weighted by atomic mass is 10.2. The van der Waals surface area contributed by atoms with Crippen LogP contribution in [0.25, 0.3) is 0 Å². The Labute approximate surface area is 121 Å². The molecule has 7 heteroatoms. The van der Waals surface area contributed by atoms with Crippen molar-refractivity contribution < 1.29 is 13.9 Å². The first-order valence-corrected chi connectivity index (χ1v) is 6.67. The molecule has 21 heavy (non-hydrogen) atoms. The van der Waals surface area contributed by atoms with Crippen LogP contribution in [0, 0.1) is 5.82 Å². The minimum atomic E-state index is -0.535. The fraction of sp³-hybridized carbons (Fsp3) is 0.357. The summed E-state index contributed by atoms with van der Waals surface area (Å²) in [5.41, 5.74) is 0.317. The van der Waals surface area contributed by atoms with Crippen molar-refractivity contribution in [3.63, 3.8) is 0 Å². The van der Waals surface area contributed by atoms with E-state index >= 15 is 0 Å². The molecule has 0 spiro atoms. The maximum Gasteiger partial charge on any atom is 0.295 e. The molecule has 2 rings (SSSR count). The first-order valence-electron chi connectivity index (χ1n) is 6.67. The highest BCUT2D eigenvalue weighted by atomic mass is 19.1. The lowest BCUT2D eigenvalue weighted by Crippen LogP contribution is -2.14. The zero-order chi connectivity index (χ0) is 15.4. The van der Waals surface area contributed by atoms with Crippen LogP contribution in [-0.2, 0) is 0 Å². The van der Waals surface area contributed by atoms with Crippen molar-refractivity contribution in [2.45, 2.75) is 26.7 Å². The van der Waals surface area contributed by atoms with E-state index in [0.717, 1.165) is 0 Å². The lowest BCUT2D eigenvalue weighted by molar-refractivity contribution is 0.101. The number of carbonyl (C=O) groups excluding carboxylic acids is 1. The number of H-pyrrole nitrogens is 1. The second-order valence-corrected chi connectivity index (χ2v) is 4.73. The largest absolute Gasteiger partial charge is 0.491 e. The molecule has 0 aliphatic heterocycles. The number of ether oxygens (including phenoxy) is 1. The van der Waals surface area contributed by atoms with Gasteiger partial charge in [-0.1, -0.05) is 13.8 Å². The highest BCUT2D eigenvalue weighted by molar-refractivity contribution is 6.01. The maximum absolute atomic E-state index is 13.7. The fourth-order valence-electron chi connectivity index (χ4n) is 1.67. The summed E-state index contributed by atoms with van der Waals surface area (Å²) >= 11 is 0. The number of benzene rings is 1. The third-order valence-corrected chi connectivity index (χ3v) is 2.74. The number of anilines is 1. The van der Waals surface area contributed by atoms with Gasteiger partial charge in [0.25, 0.3) is 5.91 Å². The van der Waals surface area contributed by atoms with Crippen molar-refractivity contribution in [3.05, 3.63) is 35.7 Å². The Morgan fingerprint density at radius 1 is 1.48 bits per heavy atom. The molecule has 0 unspecified atom stereocenters. The van der Waals surface area contributed by atoms with E-state index in [0.29, 0.717) is 18.1 Å². The Balaban J connectivity index is 2.10. The van der Waals surface area contributed by atoms with Crippen LogP contribution in [0.2, 0.25) is 0 Å². The molecule has 1 heterocycles. The summed E-state index contributed by atoms with van der Waals surface area (Å²) in [4.78, 5) is 16.0. The minimum Gasteiger partial charge on any atom is -0.491 e. The van der Waals surface area contributed by atoms with E-state index in [1.165, 1.54) is 12.1 Å². The molecular weight excluding hydrogens is 275 g/mol. The summed E-state index contributed by atoms with van der Waals surface area (Å²) in [5, 5.41) is 9.07. The van der Waals surface area contributed by atoms with Gasteiger partial charge in [-0.05, 0) is 19.1 Å². The Bertz CT molecular complexity index is 640. The van der Waals surface area contributed by atoms with Gasteiger partial charge < -0.3 is 10.1 Å². The normalized spacial score (nSPS) is 10.7. The standard InChI is InChI=1S/C14H17FN4O2/c1-4-21-11-6-5-9(7-10(11)15)16-14(20)13-17-12(8(2)3)18-19-13/h5-8H,4H2,1-3H3,(H,16,20)(H,17,18,19). The molecule has 0 atom stereocenters. The van der Waals surface area contributed by atoms with Gasteiger partial charge in [-0.15, -0.1) is 5.10 Å². The molecule has 1 amide bonds. The molecule has 0 saturated carbocycles. The lowest BCUT2D eigenvalue weighted by Gasteiger charge is -2.07. The summed E-state index contributed by atoms with van der Waals surface area (Å²) in [6.45, 7) is 6.01. The third-order valence-electron chi connectivity index (χ3n) is 2.74. The van der Waals surface area contributed by atoms with Crippen LogP contribution in [-0.4, -0.2) is 27.7 Å². The van der Waals surface area contributed by atoms with Gasteiger partial charge in [0.1, 0.15) is 5.82 Å². The van der Waals surface area contributed by atoms with Gasteiger partial charge in [0.05, 0.1) is 6.61 Å². The van der Waals surface area contributed by atoms with Gasteiger partial charge in [-0.2, -0.15) is 0 Å². The predicted molar refractivity (Wildman–Crippen MR) is 76.0 cm³/mol. The highest BCUT2D eigenvalue weighted by Gasteiger charge is 2.15. The number of hydrogen-bond donors (Lipinski definition) is 2. The molecule has 2 aromatic rings. The number of carbonyl (C=O) groups is 1. The number of aromatic nitrogens is 3. The zero-order valence-electron chi connectivity index (χ0n) is 12.1. The van der Waals surface area contributed by atoms with E-state index in [9.17, 15) is 9.18 Å². The number of halogens is 1. The van der Waals surface area contributed by atoms with Gasteiger partial charge in [0.15, 0.2) is 11.6 Å². The molecule has 1 aromatic heterocycles. The minimum absolute atomic E-state index is 0.0213.